The number of hydrogen-bond acceptors (Lipinski definition) is 3. The molecule has 1 aliphatic rings. The van der Waals surface area contributed by atoms with E-state index in [1.807, 2.05) is 31.7 Å². The summed E-state index contributed by atoms with van der Waals surface area (Å²) in [7, 11) is 0. The lowest BCUT2D eigenvalue weighted by atomic mass is 9.91. The number of rotatable bonds is 1. The van der Waals surface area contributed by atoms with Crippen LogP contribution in [0.25, 0.3) is 10.2 Å². The van der Waals surface area contributed by atoms with Crippen LogP contribution in [0.15, 0.2) is 24.3 Å². The minimum Gasteiger partial charge on any atom is -0.342 e. The standard InChI is InChI=1S/C17H22N2OS/c1-17(2,3)16(20)19-10-8-12(9-11-19)15-18-13-6-4-5-7-14(13)21-15/h4-7,12H,8-11H2,1-3H3. The lowest BCUT2D eigenvalue weighted by Gasteiger charge is -2.35. The molecule has 1 aromatic carbocycles. The summed E-state index contributed by atoms with van der Waals surface area (Å²) in [4.78, 5) is 19.1. The lowest BCUT2D eigenvalue weighted by Crippen LogP contribution is -2.43. The molecule has 0 atom stereocenters. The number of hydrogen-bond donors (Lipinski definition) is 0. The van der Waals surface area contributed by atoms with Crippen molar-refractivity contribution >= 4 is 27.5 Å². The molecule has 0 unspecified atom stereocenters. The van der Waals surface area contributed by atoms with E-state index in [9.17, 15) is 4.79 Å². The predicted octanol–water partition coefficient (Wildman–Crippen LogP) is 4.05. The van der Waals surface area contributed by atoms with Crippen molar-refractivity contribution in [3.05, 3.63) is 29.3 Å². The number of para-hydroxylation sites is 1. The maximum absolute atomic E-state index is 12.3. The van der Waals surface area contributed by atoms with E-state index in [1.54, 1.807) is 11.3 Å². The first-order valence-corrected chi connectivity index (χ1v) is 8.41. The summed E-state index contributed by atoms with van der Waals surface area (Å²) in [5.74, 6) is 0.775. The van der Waals surface area contributed by atoms with Gasteiger partial charge in [0, 0.05) is 24.4 Å². The van der Waals surface area contributed by atoms with Gasteiger partial charge in [-0.05, 0) is 25.0 Å². The van der Waals surface area contributed by atoms with Gasteiger partial charge in [-0.2, -0.15) is 0 Å². The number of fused-ring (bicyclic) bond motifs is 1. The van der Waals surface area contributed by atoms with Crippen LogP contribution in [0, 0.1) is 5.41 Å². The summed E-state index contributed by atoms with van der Waals surface area (Å²) in [5, 5.41) is 1.24. The molecule has 1 amide bonds. The summed E-state index contributed by atoms with van der Waals surface area (Å²) in [6.07, 6.45) is 2.06. The van der Waals surface area contributed by atoms with Gasteiger partial charge in [0.15, 0.2) is 0 Å². The summed E-state index contributed by atoms with van der Waals surface area (Å²) < 4.78 is 1.26. The molecule has 2 aromatic rings. The number of benzene rings is 1. The highest BCUT2D eigenvalue weighted by Gasteiger charge is 2.31. The molecule has 112 valence electrons. The van der Waals surface area contributed by atoms with Crippen molar-refractivity contribution in [1.82, 2.24) is 9.88 Å². The second-order valence-corrected chi connectivity index (χ2v) is 7.90. The third kappa shape index (κ3) is 2.95. The first-order chi connectivity index (χ1) is 9.95. The highest BCUT2D eigenvalue weighted by atomic mass is 32.1. The van der Waals surface area contributed by atoms with Crippen LogP contribution in [0.1, 0.15) is 44.5 Å². The number of amides is 1. The van der Waals surface area contributed by atoms with E-state index in [2.05, 4.69) is 18.2 Å². The molecule has 1 aliphatic heterocycles. The van der Waals surface area contributed by atoms with Gasteiger partial charge in [-0.25, -0.2) is 4.98 Å². The first kappa shape index (κ1) is 14.5. The van der Waals surface area contributed by atoms with E-state index in [0.29, 0.717) is 5.92 Å². The van der Waals surface area contributed by atoms with E-state index in [-0.39, 0.29) is 11.3 Å². The van der Waals surface area contributed by atoms with Gasteiger partial charge in [-0.1, -0.05) is 32.9 Å². The average molecular weight is 302 g/mol. The molecule has 0 aliphatic carbocycles. The molecule has 0 saturated carbocycles. The minimum absolute atomic E-state index is 0.269. The Hall–Kier alpha value is -1.42. The van der Waals surface area contributed by atoms with Crippen LogP contribution in [-0.2, 0) is 4.79 Å². The van der Waals surface area contributed by atoms with Crippen LogP contribution in [0.2, 0.25) is 0 Å². The largest absolute Gasteiger partial charge is 0.342 e. The normalized spacial score (nSPS) is 17.4. The van der Waals surface area contributed by atoms with Crippen molar-refractivity contribution in [1.29, 1.82) is 0 Å². The Labute approximate surface area is 130 Å². The van der Waals surface area contributed by atoms with Crippen molar-refractivity contribution in [2.45, 2.75) is 39.5 Å². The molecule has 4 heteroatoms. The predicted molar refractivity (Wildman–Crippen MR) is 87.6 cm³/mol. The van der Waals surface area contributed by atoms with Gasteiger partial charge < -0.3 is 4.90 Å². The zero-order valence-electron chi connectivity index (χ0n) is 12.9. The Kier molecular flexibility index (Phi) is 3.74. The molecule has 2 heterocycles. The van der Waals surface area contributed by atoms with Crippen LogP contribution in [-0.4, -0.2) is 28.9 Å². The van der Waals surface area contributed by atoms with Gasteiger partial charge in [-0.15, -0.1) is 11.3 Å². The van der Waals surface area contributed by atoms with Gasteiger partial charge in [0.25, 0.3) is 0 Å². The van der Waals surface area contributed by atoms with Gasteiger partial charge in [0.1, 0.15) is 0 Å². The fraction of sp³-hybridized carbons (Fsp3) is 0.529. The number of nitrogens with zero attached hydrogens (tertiary/aromatic N) is 2. The summed E-state index contributed by atoms with van der Waals surface area (Å²) in [6, 6.07) is 8.31. The van der Waals surface area contributed by atoms with Crippen molar-refractivity contribution in [2.24, 2.45) is 5.41 Å². The summed E-state index contributed by atoms with van der Waals surface area (Å²) in [5.41, 5.74) is 0.827. The van der Waals surface area contributed by atoms with Crippen LogP contribution >= 0.6 is 11.3 Å². The maximum atomic E-state index is 12.3. The SMILES string of the molecule is CC(C)(C)C(=O)N1CCC(c2nc3ccccc3s2)CC1. The second kappa shape index (κ2) is 5.41. The molecule has 0 spiro atoms. The van der Waals surface area contributed by atoms with E-state index < -0.39 is 0 Å². The summed E-state index contributed by atoms with van der Waals surface area (Å²) in [6.45, 7) is 7.70. The van der Waals surface area contributed by atoms with E-state index >= 15 is 0 Å². The number of carbonyl (C=O) groups is 1. The van der Waals surface area contributed by atoms with Gasteiger partial charge in [-0.3, -0.25) is 4.79 Å². The van der Waals surface area contributed by atoms with Crippen LogP contribution < -0.4 is 0 Å². The maximum Gasteiger partial charge on any atom is 0.227 e. The zero-order valence-corrected chi connectivity index (χ0v) is 13.7. The molecule has 1 aromatic heterocycles. The van der Waals surface area contributed by atoms with Crippen LogP contribution in [0.5, 0.6) is 0 Å². The average Bonchev–Trinajstić information content (AvgIpc) is 2.89. The number of piperidine rings is 1. The molecule has 0 radical (unpaired) electrons. The Morgan fingerprint density at radius 2 is 1.90 bits per heavy atom. The molecule has 21 heavy (non-hydrogen) atoms. The van der Waals surface area contributed by atoms with Gasteiger partial charge in [0.05, 0.1) is 15.2 Å². The quantitative estimate of drug-likeness (QED) is 0.796. The number of aromatic nitrogens is 1. The Bertz CT molecular complexity index is 615. The number of likely N-dealkylation sites (tertiary alicyclic amines) is 1. The Morgan fingerprint density at radius 1 is 1.24 bits per heavy atom. The second-order valence-electron chi connectivity index (χ2n) is 6.84. The monoisotopic (exact) mass is 302 g/mol. The third-order valence-corrected chi connectivity index (χ3v) is 5.28. The van der Waals surface area contributed by atoms with Crippen molar-refractivity contribution in [2.75, 3.05) is 13.1 Å². The molecular weight excluding hydrogens is 280 g/mol. The smallest absolute Gasteiger partial charge is 0.227 e. The first-order valence-electron chi connectivity index (χ1n) is 7.60. The molecule has 1 fully saturated rings. The van der Waals surface area contributed by atoms with E-state index in [1.165, 1.54) is 9.71 Å². The molecule has 3 nitrogen and oxygen atoms in total. The fourth-order valence-electron chi connectivity index (χ4n) is 2.87. The molecule has 1 saturated heterocycles. The van der Waals surface area contributed by atoms with E-state index in [4.69, 9.17) is 4.98 Å². The fourth-order valence-corrected chi connectivity index (χ4v) is 4.01. The van der Waals surface area contributed by atoms with E-state index in [0.717, 1.165) is 31.4 Å². The number of thiazole rings is 1. The highest BCUT2D eigenvalue weighted by Crippen LogP contribution is 2.34. The molecule has 0 bridgehead atoms. The highest BCUT2D eigenvalue weighted by molar-refractivity contribution is 7.18. The zero-order chi connectivity index (χ0) is 15.0. The molecule has 3 rings (SSSR count). The van der Waals surface area contributed by atoms with Crippen molar-refractivity contribution in [3.8, 4) is 0 Å². The van der Waals surface area contributed by atoms with Gasteiger partial charge >= 0.3 is 0 Å². The topological polar surface area (TPSA) is 33.2 Å². The van der Waals surface area contributed by atoms with Crippen LogP contribution in [0.4, 0.5) is 0 Å². The molecular formula is C17H22N2OS. The summed E-state index contributed by atoms with van der Waals surface area (Å²) >= 11 is 1.80. The Balaban J connectivity index is 1.69. The van der Waals surface area contributed by atoms with Crippen molar-refractivity contribution in [3.63, 3.8) is 0 Å². The molecule has 0 N–H and O–H groups in total. The van der Waals surface area contributed by atoms with Crippen molar-refractivity contribution < 1.29 is 4.79 Å². The Morgan fingerprint density at radius 3 is 2.52 bits per heavy atom. The third-order valence-electron chi connectivity index (χ3n) is 4.08. The van der Waals surface area contributed by atoms with Gasteiger partial charge in [0.2, 0.25) is 5.91 Å². The number of carbonyl (C=O) groups excluding carboxylic acids is 1. The lowest BCUT2D eigenvalue weighted by molar-refractivity contribution is -0.140. The van der Waals surface area contributed by atoms with Crippen LogP contribution in [0.3, 0.4) is 0 Å². The minimum atomic E-state index is -0.275.